The van der Waals surface area contributed by atoms with Gasteiger partial charge in [-0.15, -0.1) is 0 Å². The van der Waals surface area contributed by atoms with Crippen LogP contribution in [0.15, 0.2) is 48.5 Å². The molecular formula is C23H29NO2. The third-order valence-electron chi connectivity index (χ3n) is 6.17. The Morgan fingerprint density at radius 3 is 2.69 bits per heavy atom. The average Bonchev–Trinajstić information content (AvgIpc) is 3.09. The third kappa shape index (κ3) is 3.85. The lowest BCUT2D eigenvalue weighted by Gasteiger charge is -2.26. The minimum absolute atomic E-state index is 0.0921. The van der Waals surface area contributed by atoms with Crippen LogP contribution >= 0.6 is 0 Å². The van der Waals surface area contributed by atoms with Crippen LogP contribution in [0.1, 0.15) is 53.9 Å². The van der Waals surface area contributed by atoms with Crippen LogP contribution in [0.3, 0.4) is 0 Å². The SMILES string of the molecule is N[C@]1(CO)CC[C@H](c2ccc3c(c2)CC[C@@H](OCc2ccccc2)C3)C1. The van der Waals surface area contributed by atoms with Crippen LogP contribution in [0.4, 0.5) is 0 Å². The molecule has 2 aromatic rings. The van der Waals surface area contributed by atoms with E-state index < -0.39 is 0 Å². The van der Waals surface area contributed by atoms with E-state index in [1.165, 1.54) is 22.3 Å². The highest BCUT2D eigenvalue weighted by atomic mass is 16.5. The average molecular weight is 351 g/mol. The zero-order chi connectivity index (χ0) is 18.0. The van der Waals surface area contributed by atoms with Crippen LogP contribution in [0.2, 0.25) is 0 Å². The Labute approximate surface area is 156 Å². The van der Waals surface area contributed by atoms with Gasteiger partial charge in [0.2, 0.25) is 0 Å². The van der Waals surface area contributed by atoms with Crippen molar-refractivity contribution in [2.24, 2.45) is 5.73 Å². The minimum Gasteiger partial charge on any atom is -0.394 e. The van der Waals surface area contributed by atoms with Gasteiger partial charge in [-0.05, 0) is 66.7 Å². The van der Waals surface area contributed by atoms with E-state index in [9.17, 15) is 5.11 Å². The van der Waals surface area contributed by atoms with Gasteiger partial charge in [-0.1, -0.05) is 48.5 Å². The molecule has 2 aliphatic rings. The Balaban J connectivity index is 1.38. The number of hydrogen-bond acceptors (Lipinski definition) is 3. The summed E-state index contributed by atoms with van der Waals surface area (Å²) in [4.78, 5) is 0. The number of rotatable bonds is 5. The standard InChI is InChI=1S/C23H29NO2/c24-23(16-25)11-10-21(14-23)19-6-7-20-13-22(9-8-18(20)12-19)26-15-17-4-2-1-3-5-17/h1-7,12,21-22,25H,8-11,13-16,24H2/t21-,22+,23+/m0/s1. The molecule has 26 heavy (non-hydrogen) atoms. The van der Waals surface area contributed by atoms with E-state index >= 15 is 0 Å². The van der Waals surface area contributed by atoms with Crippen LogP contribution < -0.4 is 5.73 Å². The summed E-state index contributed by atoms with van der Waals surface area (Å²) in [5.41, 5.74) is 11.4. The van der Waals surface area contributed by atoms with Crippen molar-refractivity contribution in [1.29, 1.82) is 0 Å². The second-order valence-electron chi connectivity index (χ2n) is 8.15. The van der Waals surface area contributed by atoms with Gasteiger partial charge in [-0.2, -0.15) is 0 Å². The largest absolute Gasteiger partial charge is 0.394 e. The maximum atomic E-state index is 9.51. The Bertz CT molecular complexity index is 745. The fourth-order valence-corrected chi connectivity index (χ4v) is 4.51. The van der Waals surface area contributed by atoms with Gasteiger partial charge in [0, 0.05) is 5.54 Å². The zero-order valence-electron chi connectivity index (χ0n) is 15.4. The van der Waals surface area contributed by atoms with Crippen molar-refractivity contribution >= 4 is 0 Å². The lowest BCUT2D eigenvalue weighted by molar-refractivity contribution is 0.0319. The molecule has 0 aromatic heterocycles. The summed E-state index contributed by atoms with van der Waals surface area (Å²) in [7, 11) is 0. The molecule has 2 aliphatic carbocycles. The summed E-state index contributed by atoms with van der Waals surface area (Å²) in [6.45, 7) is 0.787. The third-order valence-corrected chi connectivity index (χ3v) is 6.17. The first-order chi connectivity index (χ1) is 12.6. The minimum atomic E-state index is -0.378. The molecule has 0 saturated heterocycles. The number of benzene rings is 2. The maximum absolute atomic E-state index is 9.51. The Hall–Kier alpha value is -1.68. The van der Waals surface area contributed by atoms with Gasteiger partial charge in [0.05, 0.1) is 19.3 Å². The van der Waals surface area contributed by atoms with Gasteiger partial charge >= 0.3 is 0 Å². The van der Waals surface area contributed by atoms with E-state index in [1.807, 2.05) is 6.07 Å². The van der Waals surface area contributed by atoms with Crippen molar-refractivity contribution in [3.63, 3.8) is 0 Å². The van der Waals surface area contributed by atoms with Crippen LogP contribution in [0.5, 0.6) is 0 Å². The second kappa shape index (κ2) is 7.51. The highest BCUT2D eigenvalue weighted by Crippen LogP contribution is 2.40. The summed E-state index contributed by atoms with van der Waals surface area (Å²) >= 11 is 0. The molecule has 0 bridgehead atoms. The second-order valence-corrected chi connectivity index (χ2v) is 8.15. The van der Waals surface area contributed by atoms with Crippen LogP contribution in [-0.2, 0) is 24.2 Å². The van der Waals surface area contributed by atoms with Crippen LogP contribution in [-0.4, -0.2) is 23.4 Å². The number of hydrogen-bond donors (Lipinski definition) is 2. The van der Waals surface area contributed by atoms with Crippen molar-refractivity contribution in [3.8, 4) is 0 Å². The zero-order valence-corrected chi connectivity index (χ0v) is 15.4. The predicted molar refractivity (Wildman–Crippen MR) is 104 cm³/mol. The van der Waals surface area contributed by atoms with Crippen molar-refractivity contribution < 1.29 is 9.84 Å². The first-order valence-corrected chi connectivity index (χ1v) is 9.82. The monoisotopic (exact) mass is 351 g/mol. The molecule has 0 unspecified atom stereocenters. The number of nitrogens with two attached hydrogens (primary N) is 1. The molecule has 0 spiro atoms. The molecule has 3 atom stereocenters. The molecule has 0 radical (unpaired) electrons. The Morgan fingerprint density at radius 1 is 1.08 bits per heavy atom. The number of fused-ring (bicyclic) bond motifs is 1. The first kappa shape index (κ1) is 17.7. The smallest absolute Gasteiger partial charge is 0.0720 e. The Kier molecular flexibility index (Phi) is 5.12. The molecule has 2 aromatic carbocycles. The van der Waals surface area contributed by atoms with Crippen LogP contribution in [0, 0.1) is 0 Å². The molecule has 0 heterocycles. The van der Waals surface area contributed by atoms with E-state index in [-0.39, 0.29) is 12.1 Å². The fraction of sp³-hybridized carbons (Fsp3) is 0.478. The van der Waals surface area contributed by atoms with Gasteiger partial charge < -0.3 is 15.6 Å². The normalized spacial score (nSPS) is 28.1. The lowest BCUT2D eigenvalue weighted by atomic mass is 9.85. The molecular weight excluding hydrogens is 322 g/mol. The van der Waals surface area contributed by atoms with E-state index in [0.29, 0.717) is 18.6 Å². The number of aliphatic hydroxyl groups excluding tert-OH is 1. The van der Waals surface area contributed by atoms with Gasteiger partial charge in [0.1, 0.15) is 0 Å². The lowest BCUT2D eigenvalue weighted by Crippen LogP contribution is -2.40. The number of aliphatic hydroxyl groups is 1. The number of aryl methyl sites for hydroxylation is 1. The molecule has 0 aliphatic heterocycles. The van der Waals surface area contributed by atoms with Crippen LogP contribution in [0.25, 0.3) is 0 Å². The molecule has 4 rings (SSSR count). The van der Waals surface area contributed by atoms with Crippen molar-refractivity contribution in [1.82, 2.24) is 0 Å². The van der Waals surface area contributed by atoms with Crippen molar-refractivity contribution in [3.05, 3.63) is 70.8 Å². The summed E-state index contributed by atoms with van der Waals surface area (Å²) in [6, 6.07) is 17.3. The summed E-state index contributed by atoms with van der Waals surface area (Å²) in [6.07, 6.45) is 6.38. The van der Waals surface area contributed by atoms with Gasteiger partial charge in [0.15, 0.2) is 0 Å². The fourth-order valence-electron chi connectivity index (χ4n) is 4.51. The first-order valence-electron chi connectivity index (χ1n) is 9.82. The van der Waals surface area contributed by atoms with E-state index in [0.717, 1.165) is 38.5 Å². The van der Waals surface area contributed by atoms with Crippen molar-refractivity contribution in [2.45, 2.75) is 62.7 Å². The molecule has 138 valence electrons. The number of ether oxygens (including phenoxy) is 1. The van der Waals surface area contributed by atoms with Crippen molar-refractivity contribution in [2.75, 3.05) is 6.61 Å². The topological polar surface area (TPSA) is 55.5 Å². The summed E-state index contributed by atoms with van der Waals surface area (Å²) in [5.74, 6) is 0.490. The predicted octanol–water partition coefficient (Wildman–Crippen LogP) is 3.72. The molecule has 0 amide bonds. The molecule has 1 saturated carbocycles. The summed E-state index contributed by atoms with van der Waals surface area (Å²) < 4.78 is 6.15. The summed E-state index contributed by atoms with van der Waals surface area (Å²) in [5, 5.41) is 9.51. The molecule has 3 nitrogen and oxygen atoms in total. The van der Waals surface area contributed by atoms with Gasteiger partial charge in [-0.25, -0.2) is 0 Å². The van der Waals surface area contributed by atoms with E-state index in [1.54, 1.807) is 0 Å². The van der Waals surface area contributed by atoms with Gasteiger partial charge in [0.25, 0.3) is 0 Å². The highest BCUT2D eigenvalue weighted by molar-refractivity contribution is 5.37. The quantitative estimate of drug-likeness (QED) is 0.863. The molecule has 3 N–H and O–H groups in total. The van der Waals surface area contributed by atoms with Gasteiger partial charge in [-0.3, -0.25) is 0 Å². The highest BCUT2D eigenvalue weighted by Gasteiger charge is 2.36. The molecule has 1 fully saturated rings. The Morgan fingerprint density at radius 2 is 1.92 bits per heavy atom. The van der Waals surface area contributed by atoms with E-state index in [2.05, 4.69) is 42.5 Å². The maximum Gasteiger partial charge on any atom is 0.0720 e. The van der Waals surface area contributed by atoms with E-state index in [4.69, 9.17) is 10.5 Å². The molecule has 3 heteroatoms.